The molecule has 0 heterocycles. The molecule has 1 amide bonds. The maximum absolute atomic E-state index is 12.9. The van der Waals surface area contributed by atoms with Crippen LogP contribution in [0, 0.1) is 0 Å². The van der Waals surface area contributed by atoms with Crippen LogP contribution in [0.15, 0.2) is 54.6 Å². The normalized spacial score (nSPS) is 13.7. The van der Waals surface area contributed by atoms with Crippen molar-refractivity contribution in [2.75, 3.05) is 0 Å². The number of amides is 1. The van der Waals surface area contributed by atoms with Crippen molar-refractivity contribution >= 4 is 17.7 Å². The number of carbonyl (C=O) groups is 1. The van der Waals surface area contributed by atoms with Gasteiger partial charge in [-0.05, 0) is 29.7 Å². The van der Waals surface area contributed by atoms with Gasteiger partial charge in [-0.3, -0.25) is 0 Å². The minimum Gasteiger partial charge on any atom is -0.445 e. The summed E-state index contributed by atoms with van der Waals surface area (Å²) in [5, 5.41) is 12.1. The smallest absolute Gasteiger partial charge is 0.416 e. The van der Waals surface area contributed by atoms with Gasteiger partial charge in [0, 0.05) is 5.02 Å². The Hall–Kier alpha value is -2.25. The summed E-state index contributed by atoms with van der Waals surface area (Å²) >= 11 is 5.75. The first-order chi connectivity index (χ1) is 12.3. The van der Waals surface area contributed by atoms with Crippen LogP contribution in [0.1, 0.15) is 11.1 Å². The highest BCUT2D eigenvalue weighted by molar-refractivity contribution is 6.30. The molecule has 0 fully saturated rings. The Labute approximate surface area is 153 Å². The van der Waals surface area contributed by atoms with E-state index in [1.807, 2.05) is 0 Å². The molecule has 2 aromatic rings. The molecule has 0 spiro atoms. The van der Waals surface area contributed by atoms with Gasteiger partial charge in [-0.1, -0.05) is 54.1 Å². The molecule has 2 N–H and O–H groups in total. The highest BCUT2D eigenvalue weighted by Gasteiger charge is 2.44. The molecule has 0 aliphatic heterocycles. The van der Waals surface area contributed by atoms with Crippen molar-refractivity contribution in [3.8, 4) is 0 Å². The molecular formula is C18H17ClF3NO3. The molecule has 2 unspecified atom stereocenters. The minimum atomic E-state index is -4.89. The average Bonchev–Trinajstić information content (AvgIpc) is 2.61. The minimum absolute atomic E-state index is 0.0948. The third kappa shape index (κ3) is 6.24. The molecule has 8 heteroatoms. The van der Waals surface area contributed by atoms with E-state index < -0.39 is 24.4 Å². The van der Waals surface area contributed by atoms with Crippen LogP contribution in [-0.2, 0) is 17.8 Å². The summed E-state index contributed by atoms with van der Waals surface area (Å²) in [6.45, 7) is -0.0948. The Morgan fingerprint density at radius 3 is 2.27 bits per heavy atom. The van der Waals surface area contributed by atoms with Crippen molar-refractivity contribution in [3.05, 3.63) is 70.7 Å². The molecule has 0 aromatic heterocycles. The molecule has 2 atom stereocenters. The molecule has 26 heavy (non-hydrogen) atoms. The van der Waals surface area contributed by atoms with Crippen molar-refractivity contribution in [1.82, 2.24) is 5.32 Å². The Morgan fingerprint density at radius 1 is 1.08 bits per heavy atom. The number of alkyl carbamates (subject to hydrolysis) is 1. The van der Waals surface area contributed by atoms with Crippen molar-refractivity contribution < 1.29 is 27.8 Å². The lowest BCUT2D eigenvalue weighted by atomic mass is 10.0. The lowest BCUT2D eigenvalue weighted by Crippen LogP contribution is -2.51. The molecule has 2 rings (SSSR count). The fraction of sp³-hybridized carbons (Fsp3) is 0.278. The largest absolute Gasteiger partial charge is 0.445 e. The zero-order valence-electron chi connectivity index (χ0n) is 13.5. The van der Waals surface area contributed by atoms with E-state index in [0.29, 0.717) is 16.1 Å². The van der Waals surface area contributed by atoms with Gasteiger partial charge in [0.2, 0.25) is 0 Å². The summed E-state index contributed by atoms with van der Waals surface area (Å²) in [5.41, 5.74) is 1.17. The lowest BCUT2D eigenvalue weighted by molar-refractivity contribution is -0.211. The third-order valence-electron chi connectivity index (χ3n) is 3.60. The van der Waals surface area contributed by atoms with Gasteiger partial charge in [0.1, 0.15) is 6.61 Å². The third-order valence-corrected chi connectivity index (χ3v) is 3.85. The molecule has 0 aliphatic carbocycles. The van der Waals surface area contributed by atoms with Crippen LogP contribution in [0.5, 0.6) is 0 Å². The van der Waals surface area contributed by atoms with Crippen molar-refractivity contribution in [1.29, 1.82) is 0 Å². The SMILES string of the molecule is O=C(NC(Cc1ccc(Cl)cc1)C(O)C(F)(F)F)OCc1ccccc1. The molecule has 0 aliphatic rings. The van der Waals surface area contributed by atoms with Gasteiger partial charge in [0.15, 0.2) is 6.10 Å². The van der Waals surface area contributed by atoms with Crippen LogP contribution in [-0.4, -0.2) is 29.5 Å². The molecule has 0 bridgehead atoms. The van der Waals surface area contributed by atoms with E-state index in [9.17, 15) is 23.1 Å². The predicted octanol–water partition coefficient (Wildman–Crippen LogP) is 4.10. The van der Waals surface area contributed by atoms with Crippen LogP contribution in [0.25, 0.3) is 0 Å². The molecular weight excluding hydrogens is 371 g/mol. The van der Waals surface area contributed by atoms with Crippen LogP contribution < -0.4 is 5.32 Å². The van der Waals surface area contributed by atoms with Crippen LogP contribution in [0.4, 0.5) is 18.0 Å². The molecule has 0 radical (unpaired) electrons. The quantitative estimate of drug-likeness (QED) is 0.784. The topological polar surface area (TPSA) is 58.6 Å². The summed E-state index contributed by atoms with van der Waals surface area (Å²) in [7, 11) is 0. The number of halogens is 4. The van der Waals surface area contributed by atoms with Gasteiger partial charge in [-0.25, -0.2) is 4.79 Å². The van der Waals surface area contributed by atoms with E-state index in [1.165, 1.54) is 24.3 Å². The number of nitrogens with one attached hydrogen (secondary N) is 1. The molecule has 4 nitrogen and oxygen atoms in total. The van der Waals surface area contributed by atoms with E-state index in [0.717, 1.165) is 0 Å². The standard InChI is InChI=1S/C18H17ClF3NO3/c19-14-8-6-12(7-9-14)10-15(16(24)18(20,21)22)23-17(25)26-11-13-4-2-1-3-5-13/h1-9,15-16,24H,10-11H2,(H,23,25). The van der Waals surface area contributed by atoms with Crippen molar-refractivity contribution in [2.45, 2.75) is 31.3 Å². The van der Waals surface area contributed by atoms with Gasteiger partial charge in [-0.2, -0.15) is 13.2 Å². The maximum atomic E-state index is 12.9. The van der Waals surface area contributed by atoms with E-state index in [2.05, 4.69) is 5.32 Å². The summed E-state index contributed by atoms with van der Waals surface area (Å²) in [4.78, 5) is 11.9. The second-order valence-corrected chi connectivity index (χ2v) is 6.07. The highest BCUT2D eigenvalue weighted by Crippen LogP contribution is 2.24. The number of aliphatic hydroxyl groups excluding tert-OH is 1. The lowest BCUT2D eigenvalue weighted by Gasteiger charge is -2.25. The first-order valence-electron chi connectivity index (χ1n) is 7.72. The second kappa shape index (κ2) is 8.91. The molecule has 140 valence electrons. The number of aliphatic hydroxyl groups is 1. The predicted molar refractivity (Wildman–Crippen MR) is 90.8 cm³/mol. The summed E-state index contributed by atoms with van der Waals surface area (Å²) in [6.07, 6.45) is -8.90. The van der Waals surface area contributed by atoms with Gasteiger partial charge in [-0.15, -0.1) is 0 Å². The number of hydrogen-bond acceptors (Lipinski definition) is 3. The summed E-state index contributed by atoms with van der Waals surface area (Å²) < 4.78 is 43.6. The number of hydrogen-bond donors (Lipinski definition) is 2. The van der Waals surface area contributed by atoms with Crippen LogP contribution in [0.2, 0.25) is 5.02 Å². The Bertz CT molecular complexity index is 708. The zero-order valence-corrected chi connectivity index (χ0v) is 14.3. The Balaban J connectivity index is 2.02. The van der Waals surface area contributed by atoms with Gasteiger partial charge < -0.3 is 15.2 Å². The van der Waals surface area contributed by atoms with E-state index in [1.54, 1.807) is 30.3 Å². The van der Waals surface area contributed by atoms with Gasteiger partial charge >= 0.3 is 12.3 Å². The molecule has 0 saturated heterocycles. The monoisotopic (exact) mass is 387 g/mol. The Kier molecular flexibility index (Phi) is 6.88. The molecule has 0 saturated carbocycles. The maximum Gasteiger partial charge on any atom is 0.416 e. The number of alkyl halides is 3. The van der Waals surface area contributed by atoms with Gasteiger partial charge in [0.25, 0.3) is 0 Å². The second-order valence-electron chi connectivity index (χ2n) is 5.63. The fourth-order valence-electron chi connectivity index (χ4n) is 2.26. The average molecular weight is 388 g/mol. The highest BCUT2D eigenvalue weighted by atomic mass is 35.5. The van der Waals surface area contributed by atoms with Gasteiger partial charge in [0.05, 0.1) is 6.04 Å². The first kappa shape index (κ1) is 20.1. The van der Waals surface area contributed by atoms with Crippen molar-refractivity contribution in [3.63, 3.8) is 0 Å². The Morgan fingerprint density at radius 2 is 1.69 bits per heavy atom. The molecule has 2 aromatic carbocycles. The number of benzene rings is 2. The van der Waals surface area contributed by atoms with E-state index in [4.69, 9.17) is 16.3 Å². The van der Waals surface area contributed by atoms with Crippen LogP contribution >= 0.6 is 11.6 Å². The summed E-state index contributed by atoms with van der Waals surface area (Å²) in [6, 6.07) is 13.2. The van der Waals surface area contributed by atoms with E-state index >= 15 is 0 Å². The number of rotatable bonds is 6. The van der Waals surface area contributed by atoms with Crippen molar-refractivity contribution in [2.24, 2.45) is 0 Å². The van der Waals surface area contributed by atoms with Crippen LogP contribution in [0.3, 0.4) is 0 Å². The number of ether oxygens (including phenoxy) is 1. The zero-order chi connectivity index (χ0) is 19.2. The number of carbonyl (C=O) groups excluding carboxylic acids is 1. The summed E-state index contributed by atoms with van der Waals surface area (Å²) in [5.74, 6) is 0. The fourth-order valence-corrected chi connectivity index (χ4v) is 2.39. The first-order valence-corrected chi connectivity index (χ1v) is 8.10. The van der Waals surface area contributed by atoms with E-state index in [-0.39, 0.29) is 13.0 Å².